The summed E-state index contributed by atoms with van der Waals surface area (Å²) in [5, 5.41) is 1.18. The lowest BCUT2D eigenvalue weighted by Crippen LogP contribution is -2.19. The predicted octanol–water partition coefficient (Wildman–Crippen LogP) is 2.11. The molecule has 0 saturated carbocycles. The van der Waals surface area contributed by atoms with Gasteiger partial charge in [0.1, 0.15) is 0 Å². The Bertz CT molecular complexity index is 95.3. The minimum Gasteiger partial charge on any atom is -0.303 e. The second-order valence-electron chi connectivity index (χ2n) is 3.03. The van der Waals surface area contributed by atoms with E-state index in [0.29, 0.717) is 0 Å². The molecule has 1 heterocycles. The minimum atomic E-state index is 0.972. The van der Waals surface area contributed by atoms with E-state index in [1.807, 2.05) is 0 Å². The molecule has 2 heteroatoms. The van der Waals surface area contributed by atoms with E-state index in [4.69, 9.17) is 0 Å². The van der Waals surface area contributed by atoms with Crippen LogP contribution in [-0.2, 0) is 0 Å². The van der Waals surface area contributed by atoms with Gasteiger partial charge in [-0.25, -0.2) is 0 Å². The van der Waals surface area contributed by atoms with Crippen molar-refractivity contribution in [3.05, 3.63) is 0 Å². The van der Waals surface area contributed by atoms with E-state index in [-0.39, 0.29) is 0 Å². The average molecular weight is 206 g/mol. The van der Waals surface area contributed by atoms with Gasteiger partial charge in [-0.1, -0.05) is 22.9 Å². The van der Waals surface area contributed by atoms with Gasteiger partial charge in [-0.15, -0.1) is 0 Å². The van der Waals surface area contributed by atoms with E-state index in [9.17, 15) is 0 Å². The van der Waals surface area contributed by atoms with Crippen LogP contribution in [0, 0.1) is 5.92 Å². The molecule has 0 bridgehead atoms. The SMILES string of the molecule is CCN1CCC(CCBr)C1. The van der Waals surface area contributed by atoms with Crippen molar-refractivity contribution in [2.75, 3.05) is 25.0 Å². The molecule has 0 spiro atoms. The summed E-state index contributed by atoms with van der Waals surface area (Å²) in [4.78, 5) is 2.54. The fourth-order valence-corrected chi connectivity index (χ4v) is 2.24. The Labute approximate surface area is 71.9 Å². The molecule has 60 valence electrons. The molecular formula is C8H16BrN. The van der Waals surface area contributed by atoms with Crippen molar-refractivity contribution in [3.8, 4) is 0 Å². The lowest BCUT2D eigenvalue weighted by atomic mass is 10.1. The van der Waals surface area contributed by atoms with Crippen molar-refractivity contribution in [2.45, 2.75) is 19.8 Å². The predicted molar refractivity (Wildman–Crippen MR) is 48.6 cm³/mol. The molecule has 10 heavy (non-hydrogen) atoms. The fraction of sp³-hybridized carbons (Fsp3) is 1.00. The molecule has 0 aliphatic carbocycles. The van der Waals surface area contributed by atoms with Crippen LogP contribution in [0.2, 0.25) is 0 Å². The van der Waals surface area contributed by atoms with Gasteiger partial charge in [0.2, 0.25) is 0 Å². The summed E-state index contributed by atoms with van der Waals surface area (Å²) in [5.74, 6) is 0.972. The highest BCUT2D eigenvalue weighted by Crippen LogP contribution is 2.19. The molecule has 1 aliphatic rings. The highest BCUT2D eigenvalue weighted by atomic mass is 79.9. The molecular weight excluding hydrogens is 190 g/mol. The normalized spacial score (nSPS) is 27.6. The third kappa shape index (κ3) is 2.24. The molecule has 1 saturated heterocycles. The smallest absolute Gasteiger partial charge is 0.00344 e. The number of likely N-dealkylation sites (tertiary alicyclic amines) is 1. The Balaban J connectivity index is 2.15. The van der Waals surface area contributed by atoms with Crippen LogP contribution in [0.15, 0.2) is 0 Å². The Morgan fingerprint density at radius 2 is 2.40 bits per heavy atom. The van der Waals surface area contributed by atoms with Gasteiger partial charge in [0, 0.05) is 11.9 Å². The van der Waals surface area contributed by atoms with Gasteiger partial charge in [-0.3, -0.25) is 0 Å². The molecule has 0 aromatic rings. The van der Waals surface area contributed by atoms with Gasteiger partial charge >= 0.3 is 0 Å². The van der Waals surface area contributed by atoms with Gasteiger partial charge in [-0.2, -0.15) is 0 Å². The van der Waals surface area contributed by atoms with E-state index < -0.39 is 0 Å². The molecule has 0 aromatic heterocycles. The summed E-state index contributed by atoms with van der Waals surface area (Å²) >= 11 is 3.48. The zero-order valence-corrected chi connectivity index (χ0v) is 8.23. The van der Waals surface area contributed by atoms with Gasteiger partial charge in [-0.05, 0) is 31.8 Å². The summed E-state index contributed by atoms with van der Waals surface area (Å²) in [6, 6.07) is 0. The van der Waals surface area contributed by atoms with Crippen molar-refractivity contribution in [1.82, 2.24) is 4.90 Å². The van der Waals surface area contributed by atoms with Crippen LogP contribution in [0.25, 0.3) is 0 Å². The summed E-state index contributed by atoms with van der Waals surface area (Å²) in [6.45, 7) is 6.14. The van der Waals surface area contributed by atoms with Gasteiger partial charge in [0.15, 0.2) is 0 Å². The lowest BCUT2D eigenvalue weighted by Gasteiger charge is -2.11. The van der Waals surface area contributed by atoms with Gasteiger partial charge < -0.3 is 4.90 Å². The van der Waals surface area contributed by atoms with Crippen LogP contribution in [0.3, 0.4) is 0 Å². The Kier molecular flexibility index (Phi) is 3.71. The standard InChI is InChI=1S/C8H16BrN/c1-2-10-6-4-8(7-10)3-5-9/h8H,2-7H2,1H3. The summed E-state index contributed by atoms with van der Waals surface area (Å²) in [7, 11) is 0. The molecule has 1 nitrogen and oxygen atoms in total. The van der Waals surface area contributed by atoms with Crippen molar-refractivity contribution in [1.29, 1.82) is 0 Å². The first-order chi connectivity index (χ1) is 4.86. The maximum Gasteiger partial charge on any atom is 0.00344 e. The second kappa shape index (κ2) is 4.35. The summed E-state index contributed by atoms with van der Waals surface area (Å²) in [6.07, 6.45) is 2.77. The lowest BCUT2D eigenvalue weighted by molar-refractivity contribution is 0.341. The molecule has 1 rings (SSSR count). The molecule has 0 aromatic carbocycles. The van der Waals surface area contributed by atoms with E-state index in [1.54, 1.807) is 0 Å². The Morgan fingerprint density at radius 3 is 2.90 bits per heavy atom. The largest absolute Gasteiger partial charge is 0.303 e. The molecule has 0 amide bonds. The van der Waals surface area contributed by atoms with Crippen LogP contribution in [-0.4, -0.2) is 29.9 Å². The Hall–Kier alpha value is 0.440. The topological polar surface area (TPSA) is 3.24 Å². The van der Waals surface area contributed by atoms with Gasteiger partial charge in [0.25, 0.3) is 0 Å². The van der Waals surface area contributed by atoms with Crippen molar-refractivity contribution in [2.24, 2.45) is 5.92 Å². The quantitative estimate of drug-likeness (QED) is 0.639. The van der Waals surface area contributed by atoms with Crippen molar-refractivity contribution >= 4 is 15.9 Å². The van der Waals surface area contributed by atoms with Crippen LogP contribution >= 0.6 is 15.9 Å². The van der Waals surface area contributed by atoms with Crippen LogP contribution in [0.4, 0.5) is 0 Å². The monoisotopic (exact) mass is 205 g/mol. The highest BCUT2D eigenvalue weighted by Gasteiger charge is 2.19. The number of hydrogen-bond acceptors (Lipinski definition) is 1. The molecule has 0 N–H and O–H groups in total. The number of hydrogen-bond donors (Lipinski definition) is 0. The fourth-order valence-electron chi connectivity index (χ4n) is 1.59. The molecule has 1 aliphatic heterocycles. The van der Waals surface area contributed by atoms with Crippen LogP contribution < -0.4 is 0 Å². The summed E-state index contributed by atoms with van der Waals surface area (Å²) < 4.78 is 0. The number of rotatable bonds is 3. The second-order valence-corrected chi connectivity index (χ2v) is 3.82. The molecule has 0 radical (unpaired) electrons. The third-order valence-electron chi connectivity index (χ3n) is 2.33. The maximum absolute atomic E-state index is 3.48. The zero-order valence-electron chi connectivity index (χ0n) is 6.65. The van der Waals surface area contributed by atoms with E-state index in [2.05, 4.69) is 27.8 Å². The number of alkyl halides is 1. The molecule has 1 unspecified atom stereocenters. The van der Waals surface area contributed by atoms with E-state index in [0.717, 1.165) is 5.92 Å². The van der Waals surface area contributed by atoms with Gasteiger partial charge in [0.05, 0.1) is 0 Å². The number of halogens is 1. The molecule has 1 fully saturated rings. The van der Waals surface area contributed by atoms with Crippen molar-refractivity contribution < 1.29 is 0 Å². The van der Waals surface area contributed by atoms with E-state index in [1.165, 1.54) is 37.8 Å². The minimum absolute atomic E-state index is 0.972. The number of nitrogens with zero attached hydrogens (tertiary/aromatic N) is 1. The molecule has 1 atom stereocenters. The maximum atomic E-state index is 3.48. The van der Waals surface area contributed by atoms with E-state index >= 15 is 0 Å². The average Bonchev–Trinajstić information content (AvgIpc) is 2.37. The third-order valence-corrected chi connectivity index (χ3v) is 2.79. The first-order valence-corrected chi connectivity index (χ1v) is 5.27. The first kappa shape index (κ1) is 8.54. The first-order valence-electron chi connectivity index (χ1n) is 4.15. The highest BCUT2D eigenvalue weighted by molar-refractivity contribution is 9.09. The summed E-state index contributed by atoms with van der Waals surface area (Å²) in [5.41, 5.74) is 0. The van der Waals surface area contributed by atoms with Crippen molar-refractivity contribution in [3.63, 3.8) is 0 Å². The van der Waals surface area contributed by atoms with Crippen LogP contribution in [0.1, 0.15) is 19.8 Å². The Morgan fingerprint density at radius 1 is 1.60 bits per heavy atom. The zero-order chi connectivity index (χ0) is 7.40. The van der Waals surface area contributed by atoms with Crippen LogP contribution in [0.5, 0.6) is 0 Å².